The van der Waals surface area contributed by atoms with Gasteiger partial charge < -0.3 is 5.32 Å². The van der Waals surface area contributed by atoms with E-state index in [9.17, 15) is 4.79 Å². The summed E-state index contributed by atoms with van der Waals surface area (Å²) in [5.41, 5.74) is 3.28. The van der Waals surface area contributed by atoms with Crippen LogP contribution in [0.4, 0.5) is 5.13 Å². The van der Waals surface area contributed by atoms with E-state index in [4.69, 9.17) is 11.6 Å². The monoisotopic (exact) mass is 488 g/mol. The number of carbonyl (C=O) groups excluding carboxylic acids is 1. The molecule has 0 aliphatic carbocycles. The molecule has 0 fully saturated rings. The highest BCUT2D eigenvalue weighted by Crippen LogP contribution is 2.32. The molecule has 0 spiro atoms. The van der Waals surface area contributed by atoms with Gasteiger partial charge in [-0.2, -0.15) is 0 Å². The molecule has 32 heavy (non-hydrogen) atoms. The Hall–Kier alpha value is -1.90. The van der Waals surface area contributed by atoms with Crippen LogP contribution in [0.5, 0.6) is 0 Å². The summed E-state index contributed by atoms with van der Waals surface area (Å²) in [5.74, 6) is -0.0375. The Morgan fingerprint density at radius 1 is 1.09 bits per heavy atom. The number of halogens is 1. The van der Waals surface area contributed by atoms with E-state index < -0.39 is 0 Å². The highest BCUT2D eigenvalue weighted by molar-refractivity contribution is 7.97. The van der Waals surface area contributed by atoms with Crippen LogP contribution in [0.3, 0.4) is 0 Å². The number of hydrogen-bond donors (Lipinski definition) is 2. The maximum absolute atomic E-state index is 12.4. The Kier molecular flexibility index (Phi) is 9.56. The molecule has 1 aliphatic rings. The quantitative estimate of drug-likeness (QED) is 0.391. The zero-order valence-corrected chi connectivity index (χ0v) is 21.0. The van der Waals surface area contributed by atoms with Gasteiger partial charge in [0.15, 0.2) is 5.13 Å². The molecular formula is C24H29ClN4OS2. The molecule has 4 rings (SSSR count). The summed E-state index contributed by atoms with van der Waals surface area (Å²) in [5, 5.41) is 4.39. The number of hydrogen-bond acceptors (Lipinski definition) is 6. The summed E-state index contributed by atoms with van der Waals surface area (Å²) in [6.45, 7) is 6.77. The van der Waals surface area contributed by atoms with Crippen molar-refractivity contribution in [3.8, 4) is 0 Å². The van der Waals surface area contributed by atoms with Gasteiger partial charge in [0.25, 0.3) is 0 Å². The van der Waals surface area contributed by atoms with E-state index in [2.05, 4.69) is 45.9 Å². The van der Waals surface area contributed by atoms with Crippen molar-refractivity contribution in [3.05, 3.63) is 75.3 Å². The molecule has 8 heteroatoms. The van der Waals surface area contributed by atoms with Crippen molar-refractivity contribution in [1.82, 2.24) is 14.6 Å². The van der Waals surface area contributed by atoms with E-state index in [1.807, 2.05) is 43.4 Å². The van der Waals surface area contributed by atoms with Gasteiger partial charge in [-0.25, -0.2) is 4.98 Å². The SMILES string of the molecule is CCC.CNSc1ccc(CC(=O)Nc2nc3c(s2)CN(Cc2ccc(Cl)cc2)C3)cc1. The summed E-state index contributed by atoms with van der Waals surface area (Å²) < 4.78 is 3.04. The highest BCUT2D eigenvalue weighted by Gasteiger charge is 2.24. The number of amides is 1. The van der Waals surface area contributed by atoms with Crippen LogP contribution in [-0.4, -0.2) is 22.8 Å². The lowest BCUT2D eigenvalue weighted by Gasteiger charge is -2.14. The van der Waals surface area contributed by atoms with E-state index in [1.165, 1.54) is 16.9 Å². The Morgan fingerprint density at radius 3 is 2.38 bits per heavy atom. The molecule has 0 atom stereocenters. The molecule has 0 unspecified atom stereocenters. The Labute approximate surface area is 203 Å². The standard InChI is InChI=1S/C21H21ClN4OS2.C3H8/c1-23-29-17-8-4-14(5-9-17)10-20(27)25-21-24-18-12-26(13-19(18)28-21)11-15-2-6-16(22)7-3-15;1-3-2/h2-9,23H,10-13H2,1H3,(H,24,25,27);3H2,1-2H3. The summed E-state index contributed by atoms with van der Waals surface area (Å²) in [6, 6.07) is 15.9. The number of nitrogens with zero attached hydrogens (tertiary/aromatic N) is 2. The fourth-order valence-electron chi connectivity index (χ4n) is 3.26. The predicted molar refractivity (Wildman–Crippen MR) is 136 cm³/mol. The molecule has 5 nitrogen and oxygen atoms in total. The van der Waals surface area contributed by atoms with Crippen LogP contribution in [0.25, 0.3) is 0 Å². The van der Waals surface area contributed by atoms with Crippen molar-refractivity contribution < 1.29 is 4.79 Å². The van der Waals surface area contributed by atoms with Gasteiger partial charge in [0.1, 0.15) is 0 Å². The van der Waals surface area contributed by atoms with Gasteiger partial charge in [-0.1, -0.05) is 56.1 Å². The minimum absolute atomic E-state index is 0.0375. The molecule has 170 valence electrons. The highest BCUT2D eigenvalue weighted by atomic mass is 35.5. The van der Waals surface area contributed by atoms with Crippen molar-refractivity contribution >= 4 is 45.9 Å². The average Bonchev–Trinajstić information content (AvgIpc) is 3.30. The second-order valence-corrected chi connectivity index (χ2v) is 10.1. The van der Waals surface area contributed by atoms with Crippen molar-refractivity contribution in [3.63, 3.8) is 0 Å². The van der Waals surface area contributed by atoms with Crippen LogP contribution in [-0.2, 0) is 30.8 Å². The number of nitrogens with one attached hydrogen (secondary N) is 2. The van der Waals surface area contributed by atoms with E-state index in [-0.39, 0.29) is 5.91 Å². The lowest BCUT2D eigenvalue weighted by atomic mass is 10.1. The molecule has 2 N–H and O–H groups in total. The minimum Gasteiger partial charge on any atom is -0.302 e. The zero-order chi connectivity index (χ0) is 22.9. The van der Waals surface area contributed by atoms with Crippen LogP contribution in [0.15, 0.2) is 53.4 Å². The molecule has 0 bridgehead atoms. The van der Waals surface area contributed by atoms with Crippen LogP contribution >= 0.6 is 34.9 Å². The van der Waals surface area contributed by atoms with Gasteiger partial charge in [0.05, 0.1) is 12.1 Å². The number of rotatable bonds is 7. The third kappa shape index (κ3) is 7.32. The molecule has 3 aromatic rings. The first kappa shape index (κ1) is 24.7. The van der Waals surface area contributed by atoms with Crippen LogP contribution < -0.4 is 10.0 Å². The smallest absolute Gasteiger partial charge is 0.230 e. The fraction of sp³-hybridized carbons (Fsp3) is 0.333. The van der Waals surface area contributed by atoms with Crippen LogP contribution in [0.1, 0.15) is 42.0 Å². The van der Waals surface area contributed by atoms with E-state index in [0.29, 0.717) is 11.6 Å². The molecule has 0 saturated heterocycles. The molecule has 1 aromatic heterocycles. The predicted octanol–water partition coefficient (Wildman–Crippen LogP) is 6.14. The average molecular weight is 489 g/mol. The number of benzene rings is 2. The molecule has 2 aromatic carbocycles. The summed E-state index contributed by atoms with van der Waals surface area (Å²) in [4.78, 5) is 21.7. The Balaban J connectivity index is 0.000000913. The number of fused-ring (bicyclic) bond motifs is 1. The number of carbonyl (C=O) groups is 1. The molecule has 2 heterocycles. The minimum atomic E-state index is -0.0375. The topological polar surface area (TPSA) is 57.3 Å². The Morgan fingerprint density at radius 2 is 1.75 bits per heavy atom. The van der Waals surface area contributed by atoms with Gasteiger partial charge >= 0.3 is 0 Å². The second-order valence-electron chi connectivity index (χ2n) is 7.54. The third-order valence-electron chi connectivity index (χ3n) is 4.59. The summed E-state index contributed by atoms with van der Waals surface area (Å²) in [6.07, 6.45) is 1.59. The van der Waals surface area contributed by atoms with E-state index >= 15 is 0 Å². The maximum Gasteiger partial charge on any atom is 0.230 e. The van der Waals surface area contributed by atoms with Gasteiger partial charge in [-0.3, -0.25) is 14.4 Å². The van der Waals surface area contributed by atoms with Gasteiger partial charge in [0, 0.05) is 34.4 Å². The lowest BCUT2D eigenvalue weighted by Crippen LogP contribution is -2.17. The van der Waals surface area contributed by atoms with E-state index in [1.54, 1.807) is 23.3 Å². The van der Waals surface area contributed by atoms with E-state index in [0.717, 1.165) is 40.8 Å². The third-order valence-corrected chi connectivity index (χ3v) is 6.55. The lowest BCUT2D eigenvalue weighted by molar-refractivity contribution is -0.115. The molecule has 0 saturated carbocycles. The second kappa shape index (κ2) is 12.4. The fourth-order valence-corrected chi connectivity index (χ4v) is 4.92. The van der Waals surface area contributed by atoms with Crippen molar-refractivity contribution in [2.24, 2.45) is 0 Å². The first-order chi connectivity index (χ1) is 15.5. The largest absolute Gasteiger partial charge is 0.302 e. The molecule has 0 radical (unpaired) electrons. The van der Waals surface area contributed by atoms with Crippen LogP contribution in [0.2, 0.25) is 5.02 Å². The molecule has 1 amide bonds. The summed E-state index contributed by atoms with van der Waals surface area (Å²) >= 11 is 9.07. The van der Waals surface area contributed by atoms with Gasteiger partial charge in [0.2, 0.25) is 5.91 Å². The zero-order valence-electron chi connectivity index (χ0n) is 18.7. The van der Waals surface area contributed by atoms with Crippen molar-refractivity contribution in [2.75, 3.05) is 12.4 Å². The molecule has 1 aliphatic heterocycles. The first-order valence-electron chi connectivity index (χ1n) is 10.7. The number of aromatic nitrogens is 1. The van der Waals surface area contributed by atoms with Crippen molar-refractivity contribution in [2.45, 2.75) is 51.2 Å². The van der Waals surface area contributed by atoms with Crippen LogP contribution in [0, 0.1) is 0 Å². The van der Waals surface area contributed by atoms with Crippen molar-refractivity contribution in [1.29, 1.82) is 0 Å². The maximum atomic E-state index is 12.4. The normalized spacial score (nSPS) is 12.8. The number of thiazole rings is 1. The Bertz CT molecular complexity index is 982. The van der Waals surface area contributed by atoms with Gasteiger partial charge in [-0.05, 0) is 54.4 Å². The van der Waals surface area contributed by atoms with Gasteiger partial charge in [-0.15, -0.1) is 11.3 Å². The summed E-state index contributed by atoms with van der Waals surface area (Å²) in [7, 11) is 1.88. The number of anilines is 1. The molecular weight excluding hydrogens is 460 g/mol. The first-order valence-corrected chi connectivity index (χ1v) is 12.7.